The highest BCUT2D eigenvalue weighted by atomic mass is 19.3. The molecule has 2 aromatic carbocycles. The molecule has 5 rings (SSSR count). The highest BCUT2D eigenvalue weighted by Crippen LogP contribution is 2.48. The number of fused-ring (bicyclic) bond motifs is 1. The fraction of sp³-hybridized carbons (Fsp3) is 0.367. The molecule has 0 amide bonds. The lowest BCUT2D eigenvalue weighted by molar-refractivity contribution is 0.101. The van der Waals surface area contributed by atoms with Gasteiger partial charge in [-0.2, -0.15) is 0 Å². The lowest BCUT2D eigenvalue weighted by Gasteiger charge is -2.24. The number of aryl methyl sites for hydroxylation is 1. The van der Waals surface area contributed by atoms with E-state index in [0.29, 0.717) is 28.8 Å². The number of hydrogen-bond acceptors (Lipinski definition) is 5. The number of hydrogen-bond donors (Lipinski definition) is 3. The Labute approximate surface area is 227 Å². The highest BCUT2D eigenvalue weighted by molar-refractivity contribution is 5.98. The monoisotopic (exact) mass is 532 g/mol. The zero-order valence-corrected chi connectivity index (χ0v) is 22.3. The third-order valence-electron chi connectivity index (χ3n) is 7.23. The van der Waals surface area contributed by atoms with Crippen molar-refractivity contribution in [2.24, 2.45) is 15.9 Å². The number of nitrogens with zero attached hydrogens (tertiary/aromatic N) is 3. The van der Waals surface area contributed by atoms with E-state index in [1.807, 2.05) is 62.4 Å². The van der Waals surface area contributed by atoms with E-state index in [1.54, 1.807) is 6.20 Å². The van der Waals surface area contributed by atoms with Gasteiger partial charge in [0, 0.05) is 54.1 Å². The molecule has 2 aliphatic rings. The van der Waals surface area contributed by atoms with E-state index < -0.39 is 11.8 Å². The summed E-state index contributed by atoms with van der Waals surface area (Å²) in [5.41, 5.74) is 3.09. The number of guanidine groups is 1. The number of halogens is 2. The van der Waals surface area contributed by atoms with Crippen LogP contribution in [0.25, 0.3) is 16.5 Å². The molecule has 0 bridgehead atoms. The van der Waals surface area contributed by atoms with E-state index in [-0.39, 0.29) is 19.0 Å². The zero-order chi connectivity index (χ0) is 27.4. The molecule has 2 atom stereocenters. The maximum Gasteiger partial charge on any atom is 0.253 e. The van der Waals surface area contributed by atoms with Gasteiger partial charge in [-0.15, -0.1) is 0 Å². The Morgan fingerprint density at radius 3 is 2.79 bits per heavy atom. The molecular formula is C30H34F2N6O. The lowest BCUT2D eigenvalue weighted by Crippen LogP contribution is -2.45. The fourth-order valence-electron chi connectivity index (χ4n) is 4.88. The van der Waals surface area contributed by atoms with E-state index in [4.69, 9.17) is 9.73 Å². The predicted molar refractivity (Wildman–Crippen MR) is 154 cm³/mol. The number of alkyl halides is 2. The number of nitrogens with one attached hydrogen (secondary N) is 3. The molecule has 2 fully saturated rings. The van der Waals surface area contributed by atoms with Crippen LogP contribution in [-0.4, -0.2) is 49.3 Å². The number of piperidine rings is 1. The van der Waals surface area contributed by atoms with Gasteiger partial charge in [-0.25, -0.2) is 23.7 Å². The molecule has 204 valence electrons. The summed E-state index contributed by atoms with van der Waals surface area (Å²) in [5.74, 6) is -1.67. The first-order chi connectivity index (χ1) is 18.9. The summed E-state index contributed by atoms with van der Waals surface area (Å²) >= 11 is 0. The molecule has 0 radical (unpaired) electrons. The zero-order valence-electron chi connectivity index (χ0n) is 22.3. The van der Waals surface area contributed by atoms with Gasteiger partial charge in [0.25, 0.3) is 5.92 Å². The summed E-state index contributed by atoms with van der Waals surface area (Å²) < 4.78 is 33.3. The van der Waals surface area contributed by atoms with E-state index in [0.717, 1.165) is 48.0 Å². The molecule has 1 aliphatic carbocycles. The summed E-state index contributed by atoms with van der Waals surface area (Å²) in [7, 11) is 0. The topological polar surface area (TPSA) is 82.9 Å². The molecule has 7 nitrogen and oxygen atoms in total. The van der Waals surface area contributed by atoms with Crippen LogP contribution in [0.4, 0.5) is 14.5 Å². The number of anilines is 1. The summed E-state index contributed by atoms with van der Waals surface area (Å²) in [6.07, 6.45) is 5.63. The third kappa shape index (κ3) is 6.09. The Kier molecular flexibility index (Phi) is 7.88. The summed E-state index contributed by atoms with van der Waals surface area (Å²) in [6.45, 7) is 9.68. The van der Waals surface area contributed by atoms with Crippen LogP contribution < -0.4 is 20.7 Å². The minimum atomic E-state index is -2.56. The van der Waals surface area contributed by atoms with Crippen molar-refractivity contribution in [1.82, 2.24) is 15.6 Å². The van der Waals surface area contributed by atoms with E-state index in [2.05, 4.69) is 32.6 Å². The quantitative estimate of drug-likeness (QED) is 0.239. The van der Waals surface area contributed by atoms with Gasteiger partial charge in [0.15, 0.2) is 0 Å². The fourth-order valence-corrected chi connectivity index (χ4v) is 4.88. The van der Waals surface area contributed by atoms with Gasteiger partial charge in [-0.3, -0.25) is 0 Å². The van der Waals surface area contributed by atoms with Gasteiger partial charge in [0.05, 0.1) is 11.3 Å². The number of pyridine rings is 1. The molecule has 2 heterocycles. The minimum Gasteiger partial charge on any atom is -0.437 e. The average molecular weight is 533 g/mol. The van der Waals surface area contributed by atoms with Gasteiger partial charge in [0.2, 0.25) is 11.8 Å². The molecule has 1 unspecified atom stereocenters. The van der Waals surface area contributed by atoms with Crippen molar-refractivity contribution < 1.29 is 13.5 Å². The van der Waals surface area contributed by atoms with Crippen LogP contribution in [0.2, 0.25) is 0 Å². The van der Waals surface area contributed by atoms with Crippen LogP contribution in [-0.2, 0) is 0 Å². The van der Waals surface area contributed by atoms with Gasteiger partial charge in [0.1, 0.15) is 5.75 Å². The Balaban J connectivity index is 1.43. The van der Waals surface area contributed by atoms with Crippen LogP contribution in [0.15, 0.2) is 64.7 Å². The maximum absolute atomic E-state index is 13.4. The van der Waals surface area contributed by atoms with E-state index in [1.165, 1.54) is 0 Å². The summed E-state index contributed by atoms with van der Waals surface area (Å²) in [4.78, 5) is 13.4. The molecule has 1 saturated heterocycles. The van der Waals surface area contributed by atoms with Crippen molar-refractivity contribution >= 4 is 34.8 Å². The molecule has 1 aliphatic heterocycles. The Bertz CT molecular complexity index is 1410. The molecular weight excluding hydrogens is 498 g/mol. The molecule has 0 spiro atoms. The second-order valence-corrected chi connectivity index (χ2v) is 10.1. The van der Waals surface area contributed by atoms with Crippen molar-refractivity contribution in [3.63, 3.8) is 0 Å². The number of rotatable bonds is 8. The summed E-state index contributed by atoms with van der Waals surface area (Å²) in [5, 5.41) is 11.7. The third-order valence-corrected chi connectivity index (χ3v) is 7.23. The summed E-state index contributed by atoms with van der Waals surface area (Å²) in [6, 6.07) is 13.7. The molecule has 3 N–H and O–H groups in total. The molecule has 39 heavy (non-hydrogen) atoms. The lowest BCUT2D eigenvalue weighted by atomic mass is 10.0. The van der Waals surface area contributed by atoms with Crippen LogP contribution in [0.5, 0.6) is 11.6 Å². The number of aliphatic imine (C=N–C) groups is 2. The maximum atomic E-state index is 13.4. The molecule has 1 saturated carbocycles. The predicted octanol–water partition coefficient (Wildman–Crippen LogP) is 6.16. The first-order valence-corrected chi connectivity index (χ1v) is 13.4. The molecule has 1 aromatic heterocycles. The smallest absolute Gasteiger partial charge is 0.253 e. The Hall–Kier alpha value is -3.85. The second-order valence-electron chi connectivity index (χ2n) is 10.1. The number of allylic oxidation sites excluding steroid dienone is 1. The van der Waals surface area contributed by atoms with Crippen LogP contribution in [0, 0.1) is 12.8 Å². The molecule has 9 heteroatoms. The minimum absolute atomic E-state index is 0.0629. The highest BCUT2D eigenvalue weighted by Gasteiger charge is 2.56. The molecule has 3 aromatic rings. The van der Waals surface area contributed by atoms with Crippen molar-refractivity contribution in [2.75, 3.05) is 25.0 Å². The first-order valence-electron chi connectivity index (χ1n) is 13.4. The average Bonchev–Trinajstić information content (AvgIpc) is 3.58. The van der Waals surface area contributed by atoms with E-state index in [9.17, 15) is 8.78 Å². The standard InChI is InChI=1S/C30H34F2N6O/c1-4-25(38-29(33-3)37-21-8-6-14-34-18-21)24-10-7-15-35-28(24)39-27-19(2)12-13-22-23(27)9-5-11-26(22)36-17-20-16-30(20,31)32/h4-5,7,9-13,15,20-21,34,36H,3,6,8,14,16-18H2,1-2H3,(H,37,38)/b25-4-/t20?,21-/m0/s1. The number of benzene rings is 2. The van der Waals surface area contributed by atoms with Gasteiger partial charge in [-0.1, -0.05) is 30.3 Å². The van der Waals surface area contributed by atoms with Crippen molar-refractivity contribution in [1.29, 1.82) is 0 Å². The first kappa shape index (κ1) is 26.7. The van der Waals surface area contributed by atoms with Crippen molar-refractivity contribution in [3.8, 4) is 11.6 Å². The van der Waals surface area contributed by atoms with Crippen molar-refractivity contribution in [2.45, 2.75) is 45.1 Å². The van der Waals surface area contributed by atoms with Gasteiger partial charge >= 0.3 is 0 Å². The second kappa shape index (κ2) is 11.5. The number of ether oxygens (including phenoxy) is 1. The van der Waals surface area contributed by atoms with Crippen molar-refractivity contribution in [3.05, 3.63) is 65.9 Å². The number of aromatic nitrogens is 1. The van der Waals surface area contributed by atoms with Gasteiger partial charge < -0.3 is 20.7 Å². The van der Waals surface area contributed by atoms with E-state index >= 15 is 0 Å². The van der Waals surface area contributed by atoms with Gasteiger partial charge in [-0.05, 0) is 63.7 Å². The van der Waals surface area contributed by atoms with Crippen LogP contribution in [0.1, 0.15) is 37.3 Å². The Morgan fingerprint density at radius 1 is 1.23 bits per heavy atom. The normalized spacial score (nSPS) is 20.9. The SMILES string of the molecule is C=N/C(=N\C(=C/C)c1cccnc1Oc1c(C)ccc2c(NCC3CC3(F)F)cccc12)N[C@H]1CCCNC1. The Morgan fingerprint density at radius 2 is 2.08 bits per heavy atom. The van der Waals surface area contributed by atoms with Crippen LogP contribution >= 0.6 is 0 Å². The largest absolute Gasteiger partial charge is 0.437 e. The van der Waals surface area contributed by atoms with Crippen LogP contribution in [0.3, 0.4) is 0 Å².